The number of carboxylic acid groups (broad SMARTS) is 1. The zero-order chi connectivity index (χ0) is 16.9. The third-order valence-electron chi connectivity index (χ3n) is 4.14. The Bertz CT molecular complexity index is 628. The van der Waals surface area contributed by atoms with Crippen LogP contribution in [0.15, 0.2) is 29.2 Å². The van der Waals surface area contributed by atoms with Gasteiger partial charge >= 0.3 is 5.97 Å². The van der Waals surface area contributed by atoms with Gasteiger partial charge in [-0.2, -0.15) is 0 Å². The third kappa shape index (κ3) is 5.60. The number of sulfonamides is 1. The van der Waals surface area contributed by atoms with E-state index in [9.17, 15) is 13.2 Å². The smallest absolute Gasteiger partial charge is 0.304 e. The molecule has 1 aliphatic heterocycles. The molecule has 0 spiro atoms. The number of carboxylic acids is 1. The van der Waals surface area contributed by atoms with Crippen LogP contribution < -0.4 is 4.72 Å². The van der Waals surface area contributed by atoms with Gasteiger partial charge in [-0.05, 0) is 44.4 Å². The van der Waals surface area contributed by atoms with Gasteiger partial charge in [-0.15, -0.1) is 0 Å². The predicted molar refractivity (Wildman–Crippen MR) is 87.8 cm³/mol. The maximum Gasteiger partial charge on any atom is 0.304 e. The Morgan fingerprint density at radius 2 is 2.04 bits per heavy atom. The van der Waals surface area contributed by atoms with E-state index in [0.717, 1.165) is 31.5 Å². The molecule has 1 aromatic rings. The lowest BCUT2D eigenvalue weighted by molar-refractivity contribution is -0.137. The fourth-order valence-electron chi connectivity index (χ4n) is 2.80. The number of likely N-dealkylation sites (tertiary alicyclic amines) is 1. The number of benzene rings is 1. The van der Waals surface area contributed by atoms with Crippen LogP contribution in [0.1, 0.15) is 24.8 Å². The number of aliphatic carboxylic acids is 1. The number of nitrogens with one attached hydrogen (secondary N) is 1. The number of hydrogen-bond acceptors (Lipinski definition) is 4. The molecule has 7 heteroatoms. The van der Waals surface area contributed by atoms with E-state index >= 15 is 0 Å². The van der Waals surface area contributed by atoms with Gasteiger partial charge in [-0.25, -0.2) is 13.1 Å². The second kappa shape index (κ2) is 7.90. The van der Waals surface area contributed by atoms with Crippen LogP contribution in [0.3, 0.4) is 0 Å². The van der Waals surface area contributed by atoms with Gasteiger partial charge in [0.15, 0.2) is 0 Å². The van der Waals surface area contributed by atoms with Crippen LogP contribution in [0.2, 0.25) is 0 Å². The Morgan fingerprint density at radius 1 is 1.35 bits per heavy atom. The molecule has 1 unspecified atom stereocenters. The molecule has 23 heavy (non-hydrogen) atoms. The summed E-state index contributed by atoms with van der Waals surface area (Å²) in [6.07, 6.45) is 2.05. The summed E-state index contributed by atoms with van der Waals surface area (Å²) < 4.78 is 27.2. The standard InChI is InChI=1S/C16H24N2O4S/c1-13-4-6-15(7-5-13)23(21,22)17-11-14-3-2-9-18(12-14)10-8-16(19)20/h4-7,14,17H,2-3,8-12H2,1H3,(H,19,20). The van der Waals surface area contributed by atoms with Crippen molar-refractivity contribution in [2.45, 2.75) is 31.1 Å². The molecule has 0 radical (unpaired) electrons. The highest BCUT2D eigenvalue weighted by atomic mass is 32.2. The number of nitrogens with zero attached hydrogens (tertiary/aromatic N) is 1. The van der Waals surface area contributed by atoms with E-state index in [-0.39, 0.29) is 17.2 Å². The lowest BCUT2D eigenvalue weighted by Crippen LogP contribution is -2.41. The van der Waals surface area contributed by atoms with Crippen LogP contribution in [0.5, 0.6) is 0 Å². The van der Waals surface area contributed by atoms with E-state index in [1.165, 1.54) is 0 Å². The summed E-state index contributed by atoms with van der Waals surface area (Å²) in [4.78, 5) is 13.0. The number of piperidine rings is 1. The van der Waals surface area contributed by atoms with Crippen LogP contribution in [0, 0.1) is 12.8 Å². The van der Waals surface area contributed by atoms with Crippen molar-refractivity contribution < 1.29 is 18.3 Å². The van der Waals surface area contributed by atoms with Crippen LogP contribution in [-0.4, -0.2) is 50.6 Å². The van der Waals surface area contributed by atoms with Crippen LogP contribution in [0.4, 0.5) is 0 Å². The lowest BCUT2D eigenvalue weighted by Gasteiger charge is -2.32. The fraction of sp³-hybridized carbons (Fsp3) is 0.562. The van der Waals surface area contributed by atoms with Gasteiger partial charge in [0, 0.05) is 19.6 Å². The largest absolute Gasteiger partial charge is 0.481 e. The first-order chi connectivity index (χ1) is 10.9. The van der Waals surface area contributed by atoms with Crippen molar-refractivity contribution in [1.82, 2.24) is 9.62 Å². The molecule has 1 fully saturated rings. The van der Waals surface area contributed by atoms with Crippen molar-refractivity contribution in [3.63, 3.8) is 0 Å². The Hall–Kier alpha value is -1.44. The van der Waals surface area contributed by atoms with Gasteiger partial charge in [-0.1, -0.05) is 17.7 Å². The summed E-state index contributed by atoms with van der Waals surface area (Å²) in [5.74, 6) is -0.579. The summed E-state index contributed by atoms with van der Waals surface area (Å²) in [6.45, 7) is 4.45. The maximum atomic E-state index is 12.3. The second-order valence-corrected chi connectivity index (χ2v) is 7.88. The van der Waals surface area contributed by atoms with Crippen molar-refractivity contribution in [2.24, 2.45) is 5.92 Å². The van der Waals surface area contributed by atoms with E-state index < -0.39 is 16.0 Å². The highest BCUT2D eigenvalue weighted by Crippen LogP contribution is 2.17. The Kier molecular flexibility index (Phi) is 6.15. The van der Waals surface area contributed by atoms with Gasteiger partial charge in [0.05, 0.1) is 11.3 Å². The minimum atomic E-state index is -3.48. The molecule has 2 N–H and O–H groups in total. The van der Waals surface area contributed by atoms with Crippen molar-refractivity contribution in [1.29, 1.82) is 0 Å². The number of hydrogen-bond donors (Lipinski definition) is 2. The average molecular weight is 340 g/mol. The van der Waals surface area contributed by atoms with Crippen molar-refractivity contribution in [3.8, 4) is 0 Å². The van der Waals surface area contributed by atoms with E-state index in [4.69, 9.17) is 5.11 Å². The van der Waals surface area contributed by atoms with Crippen LogP contribution in [0.25, 0.3) is 0 Å². The minimum Gasteiger partial charge on any atom is -0.481 e. The molecule has 0 aromatic heterocycles. The van der Waals surface area contributed by atoms with E-state index in [1.54, 1.807) is 24.3 Å². The molecule has 128 valence electrons. The van der Waals surface area contributed by atoms with Gasteiger partial charge in [0.1, 0.15) is 0 Å². The molecule has 1 atom stereocenters. The normalized spacial score (nSPS) is 19.6. The minimum absolute atomic E-state index is 0.127. The highest BCUT2D eigenvalue weighted by Gasteiger charge is 2.22. The molecular weight excluding hydrogens is 316 g/mol. The molecule has 1 saturated heterocycles. The maximum absolute atomic E-state index is 12.3. The van der Waals surface area contributed by atoms with Crippen molar-refractivity contribution in [2.75, 3.05) is 26.2 Å². The quantitative estimate of drug-likeness (QED) is 0.785. The summed E-state index contributed by atoms with van der Waals surface area (Å²) >= 11 is 0. The molecule has 6 nitrogen and oxygen atoms in total. The van der Waals surface area contributed by atoms with Crippen LogP contribution in [-0.2, 0) is 14.8 Å². The second-order valence-electron chi connectivity index (χ2n) is 6.12. The van der Waals surface area contributed by atoms with Crippen molar-refractivity contribution in [3.05, 3.63) is 29.8 Å². The summed E-state index contributed by atoms with van der Waals surface area (Å²) in [7, 11) is -3.48. The van der Waals surface area contributed by atoms with Gasteiger partial charge in [0.2, 0.25) is 10.0 Å². The van der Waals surface area contributed by atoms with E-state index in [0.29, 0.717) is 13.1 Å². The molecule has 1 aromatic carbocycles. The zero-order valence-electron chi connectivity index (χ0n) is 13.4. The third-order valence-corrected chi connectivity index (χ3v) is 5.58. The van der Waals surface area contributed by atoms with E-state index in [1.807, 2.05) is 6.92 Å². The first-order valence-electron chi connectivity index (χ1n) is 7.87. The number of aryl methyl sites for hydroxylation is 1. The lowest BCUT2D eigenvalue weighted by atomic mass is 9.98. The van der Waals surface area contributed by atoms with Crippen molar-refractivity contribution >= 4 is 16.0 Å². The molecule has 0 aliphatic carbocycles. The van der Waals surface area contributed by atoms with Gasteiger partial charge in [-0.3, -0.25) is 4.79 Å². The molecule has 1 heterocycles. The molecular formula is C16H24N2O4S. The summed E-state index contributed by atoms with van der Waals surface area (Å²) in [5.41, 5.74) is 1.02. The molecule has 1 aliphatic rings. The summed E-state index contributed by atoms with van der Waals surface area (Å²) in [5, 5.41) is 8.75. The van der Waals surface area contributed by atoms with E-state index in [2.05, 4.69) is 9.62 Å². The SMILES string of the molecule is Cc1ccc(S(=O)(=O)NCC2CCCN(CCC(=O)O)C2)cc1. The Labute approximate surface area is 137 Å². The fourth-order valence-corrected chi connectivity index (χ4v) is 3.92. The first kappa shape index (κ1) is 17.9. The van der Waals surface area contributed by atoms with Gasteiger partial charge < -0.3 is 10.0 Å². The zero-order valence-corrected chi connectivity index (χ0v) is 14.2. The molecule has 0 bridgehead atoms. The monoisotopic (exact) mass is 340 g/mol. The average Bonchev–Trinajstić information content (AvgIpc) is 2.52. The molecule has 0 saturated carbocycles. The molecule has 2 rings (SSSR count). The van der Waals surface area contributed by atoms with Gasteiger partial charge in [0.25, 0.3) is 0 Å². The predicted octanol–water partition coefficient (Wildman–Crippen LogP) is 1.46. The Morgan fingerprint density at radius 3 is 2.70 bits per heavy atom. The highest BCUT2D eigenvalue weighted by molar-refractivity contribution is 7.89. The summed E-state index contributed by atoms with van der Waals surface area (Å²) in [6, 6.07) is 6.78. The Balaban J connectivity index is 1.87. The number of carbonyl (C=O) groups is 1. The first-order valence-corrected chi connectivity index (χ1v) is 9.35. The number of rotatable bonds is 7. The van der Waals surface area contributed by atoms with Crippen LogP contribution >= 0.6 is 0 Å². The topological polar surface area (TPSA) is 86.7 Å². The molecule has 0 amide bonds.